The number of halogens is 2. The number of benzene rings is 3. The molecule has 6 heteroatoms. The molecule has 3 aromatic rings. The highest BCUT2D eigenvalue weighted by Crippen LogP contribution is 2.24. The van der Waals surface area contributed by atoms with E-state index in [4.69, 9.17) is 23.2 Å². The number of carbonyl (C=O) groups excluding carboxylic acids is 2. The van der Waals surface area contributed by atoms with Crippen LogP contribution in [-0.2, 0) is 11.2 Å². The molecule has 0 atom stereocenters. The molecule has 0 saturated carbocycles. The summed E-state index contributed by atoms with van der Waals surface area (Å²) in [4.78, 5) is 25.5. The minimum absolute atomic E-state index is 0.0345. The smallest absolute Gasteiger partial charge is 0.228 e. The highest BCUT2D eigenvalue weighted by atomic mass is 35.5. The molecule has 0 fully saturated rings. The molecule has 0 heterocycles. The third-order valence-electron chi connectivity index (χ3n) is 3.94. The fourth-order valence-electron chi connectivity index (χ4n) is 2.57. The van der Waals surface area contributed by atoms with Crippen molar-refractivity contribution in [2.24, 2.45) is 0 Å². The van der Waals surface area contributed by atoms with Gasteiger partial charge >= 0.3 is 0 Å². The second-order valence-corrected chi connectivity index (χ2v) is 7.96. The van der Waals surface area contributed by atoms with E-state index >= 15 is 0 Å². The number of nitrogens with one attached hydrogen (secondary N) is 1. The van der Waals surface area contributed by atoms with Gasteiger partial charge in [0.2, 0.25) is 5.91 Å². The van der Waals surface area contributed by atoms with E-state index in [1.165, 1.54) is 11.8 Å². The molecule has 3 aromatic carbocycles. The van der Waals surface area contributed by atoms with Crippen molar-refractivity contribution >= 4 is 52.3 Å². The molecular weight excluding hydrogens is 413 g/mol. The Morgan fingerprint density at radius 3 is 2.39 bits per heavy atom. The van der Waals surface area contributed by atoms with Crippen LogP contribution in [0.15, 0.2) is 77.7 Å². The van der Waals surface area contributed by atoms with E-state index in [1.54, 1.807) is 36.4 Å². The summed E-state index contributed by atoms with van der Waals surface area (Å²) in [7, 11) is 0. The zero-order valence-electron chi connectivity index (χ0n) is 14.8. The van der Waals surface area contributed by atoms with Gasteiger partial charge in [0.25, 0.3) is 0 Å². The predicted octanol–water partition coefficient (Wildman–Crippen LogP) is 6.15. The van der Waals surface area contributed by atoms with Crippen LogP contribution >= 0.6 is 35.0 Å². The largest absolute Gasteiger partial charge is 0.326 e. The molecule has 0 bridgehead atoms. The Kier molecular flexibility index (Phi) is 7.15. The molecule has 0 unspecified atom stereocenters. The summed E-state index contributed by atoms with van der Waals surface area (Å²) in [6, 6.07) is 21.6. The molecule has 1 N–H and O–H groups in total. The van der Waals surface area contributed by atoms with E-state index in [-0.39, 0.29) is 23.9 Å². The number of Topliss-reactive ketones (excluding diaryl/α,β-unsaturated/α-hetero) is 1. The van der Waals surface area contributed by atoms with Crippen LogP contribution in [0.25, 0.3) is 0 Å². The predicted molar refractivity (Wildman–Crippen MR) is 117 cm³/mol. The molecule has 0 aliphatic carbocycles. The lowest BCUT2D eigenvalue weighted by molar-refractivity contribution is -0.115. The number of carbonyl (C=O) groups is 2. The van der Waals surface area contributed by atoms with Gasteiger partial charge in [0.05, 0.1) is 17.2 Å². The third-order valence-corrected chi connectivity index (χ3v) is 5.52. The number of thioether (sulfide) groups is 1. The zero-order chi connectivity index (χ0) is 19.9. The molecular formula is C22H17Cl2NO2S. The van der Waals surface area contributed by atoms with Gasteiger partial charge in [-0.1, -0.05) is 53.5 Å². The first-order valence-electron chi connectivity index (χ1n) is 8.56. The van der Waals surface area contributed by atoms with E-state index in [9.17, 15) is 9.59 Å². The van der Waals surface area contributed by atoms with Crippen LogP contribution in [0.1, 0.15) is 15.9 Å². The van der Waals surface area contributed by atoms with E-state index in [2.05, 4.69) is 5.32 Å². The lowest BCUT2D eigenvalue weighted by Crippen LogP contribution is -2.14. The molecule has 0 aromatic heterocycles. The molecule has 142 valence electrons. The van der Waals surface area contributed by atoms with Gasteiger partial charge in [0.1, 0.15) is 0 Å². The topological polar surface area (TPSA) is 46.2 Å². The summed E-state index contributed by atoms with van der Waals surface area (Å²) in [5, 5.41) is 3.98. The number of hydrogen-bond donors (Lipinski definition) is 1. The minimum atomic E-state index is -0.114. The molecule has 3 nitrogen and oxygen atoms in total. The Morgan fingerprint density at radius 1 is 0.893 bits per heavy atom. The molecule has 0 saturated heterocycles. The molecule has 0 spiro atoms. The van der Waals surface area contributed by atoms with Crippen molar-refractivity contribution in [3.8, 4) is 0 Å². The van der Waals surface area contributed by atoms with Crippen LogP contribution in [0, 0.1) is 0 Å². The summed E-state index contributed by atoms with van der Waals surface area (Å²) < 4.78 is 0. The Morgan fingerprint density at radius 2 is 1.64 bits per heavy atom. The Bertz CT molecular complexity index is 990. The molecule has 28 heavy (non-hydrogen) atoms. The van der Waals surface area contributed by atoms with E-state index < -0.39 is 0 Å². The van der Waals surface area contributed by atoms with Crippen LogP contribution < -0.4 is 5.32 Å². The van der Waals surface area contributed by atoms with Crippen molar-refractivity contribution < 1.29 is 9.59 Å². The van der Waals surface area contributed by atoms with Crippen LogP contribution in [0.5, 0.6) is 0 Å². The Balaban J connectivity index is 1.57. The second-order valence-electron chi connectivity index (χ2n) is 6.07. The molecule has 1 amide bonds. The van der Waals surface area contributed by atoms with Gasteiger partial charge in [-0.05, 0) is 48.0 Å². The average Bonchev–Trinajstić information content (AvgIpc) is 2.68. The normalized spacial score (nSPS) is 10.5. The number of anilines is 1. The second kappa shape index (κ2) is 9.78. The van der Waals surface area contributed by atoms with Crippen LogP contribution in [0.2, 0.25) is 10.0 Å². The van der Waals surface area contributed by atoms with Crippen molar-refractivity contribution in [3.05, 3.63) is 94.0 Å². The van der Waals surface area contributed by atoms with Gasteiger partial charge in [0.15, 0.2) is 5.78 Å². The maximum absolute atomic E-state index is 12.3. The first-order chi connectivity index (χ1) is 13.5. The monoisotopic (exact) mass is 429 g/mol. The summed E-state index contributed by atoms with van der Waals surface area (Å²) in [5.41, 5.74) is 2.09. The number of ketones is 1. The van der Waals surface area contributed by atoms with Crippen LogP contribution in [0.3, 0.4) is 0 Å². The number of hydrogen-bond acceptors (Lipinski definition) is 3. The summed E-state index contributed by atoms with van der Waals surface area (Å²) in [6.07, 6.45) is 0.263. The summed E-state index contributed by atoms with van der Waals surface area (Å²) >= 11 is 13.3. The zero-order valence-corrected chi connectivity index (χ0v) is 17.2. The van der Waals surface area contributed by atoms with Crippen molar-refractivity contribution in [2.45, 2.75) is 11.3 Å². The number of rotatable bonds is 7. The fourth-order valence-corrected chi connectivity index (χ4v) is 3.78. The highest BCUT2D eigenvalue weighted by molar-refractivity contribution is 8.00. The van der Waals surface area contributed by atoms with Gasteiger partial charge in [-0.25, -0.2) is 0 Å². The van der Waals surface area contributed by atoms with Crippen LogP contribution in [-0.4, -0.2) is 17.4 Å². The van der Waals surface area contributed by atoms with Gasteiger partial charge < -0.3 is 5.32 Å². The lowest BCUT2D eigenvalue weighted by atomic mass is 10.1. The standard InChI is InChI=1S/C22H17Cl2NO2S/c23-16-10-8-15(9-11-16)12-22(27)25-17-4-3-5-18(13-17)28-14-21(26)19-6-1-2-7-20(19)24/h1-11,13H,12,14H2,(H,25,27). The molecule has 0 radical (unpaired) electrons. The maximum Gasteiger partial charge on any atom is 0.228 e. The Hall–Kier alpha value is -2.27. The SMILES string of the molecule is O=C(Cc1ccc(Cl)cc1)Nc1cccc(SCC(=O)c2ccccc2Cl)c1. The van der Waals surface area contributed by atoms with Gasteiger partial charge in [-0.3, -0.25) is 9.59 Å². The van der Waals surface area contributed by atoms with Crippen molar-refractivity contribution in [1.29, 1.82) is 0 Å². The first kappa shape index (κ1) is 20.5. The molecule has 0 aliphatic rings. The van der Waals surface area contributed by atoms with Gasteiger partial charge in [-0.15, -0.1) is 11.8 Å². The van der Waals surface area contributed by atoms with E-state index in [0.29, 0.717) is 21.3 Å². The van der Waals surface area contributed by atoms with Gasteiger partial charge in [-0.2, -0.15) is 0 Å². The minimum Gasteiger partial charge on any atom is -0.326 e. The van der Waals surface area contributed by atoms with Crippen molar-refractivity contribution in [1.82, 2.24) is 0 Å². The molecule has 0 aliphatic heterocycles. The van der Waals surface area contributed by atoms with Gasteiger partial charge in [0, 0.05) is 21.2 Å². The quantitative estimate of drug-likeness (QED) is 0.361. The number of amides is 1. The average molecular weight is 430 g/mol. The lowest BCUT2D eigenvalue weighted by Gasteiger charge is -2.08. The Labute approximate surface area is 178 Å². The first-order valence-corrected chi connectivity index (χ1v) is 10.3. The maximum atomic E-state index is 12.3. The summed E-state index contributed by atoms with van der Waals surface area (Å²) in [6.45, 7) is 0. The molecule has 3 rings (SSSR count). The highest BCUT2D eigenvalue weighted by Gasteiger charge is 2.11. The van der Waals surface area contributed by atoms with Crippen LogP contribution in [0.4, 0.5) is 5.69 Å². The van der Waals surface area contributed by atoms with Crippen molar-refractivity contribution in [2.75, 3.05) is 11.1 Å². The van der Waals surface area contributed by atoms with E-state index in [1.807, 2.05) is 36.4 Å². The van der Waals surface area contributed by atoms with E-state index in [0.717, 1.165) is 10.5 Å². The fraction of sp³-hybridized carbons (Fsp3) is 0.0909. The summed E-state index contributed by atoms with van der Waals surface area (Å²) in [5.74, 6) is 0.121. The van der Waals surface area contributed by atoms with Crippen molar-refractivity contribution in [3.63, 3.8) is 0 Å². The third kappa shape index (κ3) is 5.86.